The van der Waals surface area contributed by atoms with Crippen LogP contribution in [0.4, 0.5) is 6.01 Å². The molecule has 4 heteroatoms. The summed E-state index contributed by atoms with van der Waals surface area (Å²) in [4.78, 5) is 4.35. The third-order valence-electron chi connectivity index (χ3n) is 2.20. The van der Waals surface area contributed by atoms with Crippen LogP contribution in [-0.4, -0.2) is 17.6 Å². The van der Waals surface area contributed by atoms with E-state index >= 15 is 0 Å². The van der Waals surface area contributed by atoms with Gasteiger partial charge in [-0.25, -0.2) is 0 Å². The summed E-state index contributed by atoms with van der Waals surface area (Å²) in [5.74, 6) is 0. The van der Waals surface area contributed by atoms with Crippen molar-refractivity contribution in [1.29, 1.82) is 0 Å². The molecule has 1 heterocycles. The first-order valence-corrected chi connectivity index (χ1v) is 5.02. The van der Waals surface area contributed by atoms with Gasteiger partial charge in [-0.1, -0.05) is 12.1 Å². The zero-order valence-electron chi connectivity index (χ0n) is 8.95. The van der Waals surface area contributed by atoms with E-state index in [1.165, 1.54) is 0 Å². The highest BCUT2D eigenvalue weighted by atomic mass is 16.4. The molecule has 0 aliphatic carbocycles. The zero-order valence-corrected chi connectivity index (χ0v) is 8.95. The van der Waals surface area contributed by atoms with E-state index in [-0.39, 0.29) is 6.04 Å². The summed E-state index contributed by atoms with van der Waals surface area (Å²) in [7, 11) is 0. The van der Waals surface area contributed by atoms with Crippen molar-refractivity contribution in [3.05, 3.63) is 23.8 Å². The molecule has 3 N–H and O–H groups in total. The molecular weight excluding hydrogens is 190 g/mol. The maximum absolute atomic E-state index is 5.63. The Morgan fingerprint density at radius 1 is 1.53 bits per heavy atom. The summed E-state index contributed by atoms with van der Waals surface area (Å²) in [5.41, 5.74) is 8.46. The highest BCUT2D eigenvalue weighted by molar-refractivity contribution is 5.77. The van der Waals surface area contributed by atoms with Crippen LogP contribution in [0.3, 0.4) is 0 Å². The van der Waals surface area contributed by atoms with Crippen LogP contribution in [0.5, 0.6) is 0 Å². The predicted octanol–water partition coefficient (Wildman–Crippen LogP) is 1.90. The second kappa shape index (κ2) is 3.90. The van der Waals surface area contributed by atoms with Gasteiger partial charge >= 0.3 is 0 Å². The molecule has 0 saturated carbocycles. The molecule has 15 heavy (non-hydrogen) atoms. The Hall–Kier alpha value is -1.55. The summed E-state index contributed by atoms with van der Waals surface area (Å²) < 4.78 is 5.52. The summed E-state index contributed by atoms with van der Waals surface area (Å²) in [5, 5.41) is 3.06. The van der Waals surface area contributed by atoms with Crippen LogP contribution in [-0.2, 0) is 0 Å². The molecule has 1 aromatic heterocycles. The van der Waals surface area contributed by atoms with E-state index in [9.17, 15) is 0 Å². The van der Waals surface area contributed by atoms with Crippen molar-refractivity contribution in [2.75, 3.05) is 11.9 Å². The fourth-order valence-corrected chi connectivity index (χ4v) is 1.41. The Bertz CT molecular complexity index is 462. The van der Waals surface area contributed by atoms with Gasteiger partial charge in [0.05, 0.1) is 0 Å². The van der Waals surface area contributed by atoms with Crippen molar-refractivity contribution in [2.45, 2.75) is 19.9 Å². The van der Waals surface area contributed by atoms with Crippen molar-refractivity contribution in [3.63, 3.8) is 0 Å². The number of aromatic nitrogens is 1. The fraction of sp³-hybridized carbons (Fsp3) is 0.364. The highest BCUT2D eigenvalue weighted by Gasteiger charge is 2.06. The topological polar surface area (TPSA) is 64.1 Å². The maximum atomic E-state index is 5.63. The van der Waals surface area contributed by atoms with Crippen LogP contribution in [0.1, 0.15) is 12.5 Å². The van der Waals surface area contributed by atoms with Crippen LogP contribution in [0.15, 0.2) is 22.6 Å². The molecule has 1 unspecified atom stereocenters. The Kier molecular flexibility index (Phi) is 2.60. The maximum Gasteiger partial charge on any atom is 0.295 e. The van der Waals surface area contributed by atoms with E-state index in [2.05, 4.69) is 10.3 Å². The van der Waals surface area contributed by atoms with E-state index in [1.807, 2.05) is 32.0 Å². The molecule has 0 spiro atoms. The predicted molar refractivity (Wildman–Crippen MR) is 60.9 cm³/mol. The number of rotatable bonds is 3. The lowest BCUT2D eigenvalue weighted by Gasteiger charge is -2.03. The number of hydrogen-bond acceptors (Lipinski definition) is 4. The molecule has 0 bridgehead atoms. The van der Waals surface area contributed by atoms with Gasteiger partial charge in [-0.15, -0.1) is 0 Å². The van der Waals surface area contributed by atoms with Gasteiger partial charge in [0.25, 0.3) is 6.01 Å². The molecular formula is C11H15N3O. The lowest BCUT2D eigenvalue weighted by atomic mass is 10.2. The summed E-state index contributed by atoms with van der Waals surface area (Å²) >= 11 is 0. The largest absolute Gasteiger partial charge is 0.424 e. The Labute approximate surface area is 88.5 Å². The van der Waals surface area contributed by atoms with E-state index in [0.717, 1.165) is 16.7 Å². The molecule has 0 aliphatic rings. The molecule has 0 fully saturated rings. The van der Waals surface area contributed by atoms with Crippen LogP contribution in [0.25, 0.3) is 11.1 Å². The van der Waals surface area contributed by atoms with E-state index in [4.69, 9.17) is 10.2 Å². The smallest absolute Gasteiger partial charge is 0.295 e. The van der Waals surface area contributed by atoms with Crippen molar-refractivity contribution >= 4 is 17.1 Å². The number of nitrogens with zero attached hydrogens (tertiary/aromatic N) is 1. The Balaban J connectivity index is 2.27. The highest BCUT2D eigenvalue weighted by Crippen LogP contribution is 2.21. The monoisotopic (exact) mass is 205 g/mol. The van der Waals surface area contributed by atoms with Gasteiger partial charge in [-0.3, -0.25) is 0 Å². The average molecular weight is 205 g/mol. The minimum Gasteiger partial charge on any atom is -0.424 e. The third-order valence-corrected chi connectivity index (χ3v) is 2.20. The summed E-state index contributed by atoms with van der Waals surface area (Å²) in [6, 6.07) is 6.50. The molecule has 4 nitrogen and oxygen atoms in total. The molecule has 0 saturated heterocycles. The van der Waals surface area contributed by atoms with Gasteiger partial charge < -0.3 is 15.5 Å². The summed E-state index contributed by atoms with van der Waals surface area (Å²) in [6.07, 6.45) is 0. The minimum atomic E-state index is 0.0844. The molecule has 2 rings (SSSR count). The number of nitrogens with one attached hydrogen (secondary N) is 1. The van der Waals surface area contributed by atoms with Crippen molar-refractivity contribution in [2.24, 2.45) is 5.73 Å². The Morgan fingerprint density at radius 2 is 2.33 bits per heavy atom. The lowest BCUT2D eigenvalue weighted by Crippen LogP contribution is -2.25. The number of anilines is 1. The van der Waals surface area contributed by atoms with Gasteiger partial charge in [0.15, 0.2) is 5.58 Å². The fourth-order valence-electron chi connectivity index (χ4n) is 1.41. The SMILES string of the molecule is Cc1cccc2oc(NCC(C)N)nc12. The minimum absolute atomic E-state index is 0.0844. The number of oxazole rings is 1. The zero-order chi connectivity index (χ0) is 10.8. The second-order valence-electron chi connectivity index (χ2n) is 3.80. The molecule has 1 aromatic carbocycles. The molecule has 2 aromatic rings. The molecule has 0 radical (unpaired) electrons. The van der Waals surface area contributed by atoms with Crippen molar-refractivity contribution in [3.8, 4) is 0 Å². The van der Waals surface area contributed by atoms with Crippen molar-refractivity contribution < 1.29 is 4.42 Å². The van der Waals surface area contributed by atoms with Gasteiger partial charge in [-0.2, -0.15) is 4.98 Å². The van der Waals surface area contributed by atoms with Gasteiger partial charge in [0, 0.05) is 12.6 Å². The van der Waals surface area contributed by atoms with Gasteiger partial charge in [-0.05, 0) is 25.5 Å². The van der Waals surface area contributed by atoms with E-state index in [1.54, 1.807) is 0 Å². The number of nitrogens with two attached hydrogens (primary N) is 1. The second-order valence-corrected chi connectivity index (χ2v) is 3.80. The number of aryl methyl sites for hydroxylation is 1. The number of para-hydroxylation sites is 1. The standard InChI is InChI=1S/C11H15N3O/c1-7-4-3-5-9-10(7)14-11(15-9)13-6-8(2)12/h3-5,8H,6,12H2,1-2H3,(H,13,14). The van der Waals surface area contributed by atoms with Gasteiger partial charge in [0.2, 0.25) is 0 Å². The van der Waals surface area contributed by atoms with Gasteiger partial charge in [0.1, 0.15) is 5.52 Å². The van der Waals surface area contributed by atoms with Crippen LogP contribution in [0.2, 0.25) is 0 Å². The third kappa shape index (κ3) is 2.10. The number of benzene rings is 1. The normalized spacial score (nSPS) is 13.0. The first-order chi connectivity index (χ1) is 7.16. The number of fused-ring (bicyclic) bond motifs is 1. The first-order valence-electron chi connectivity index (χ1n) is 5.02. The first kappa shape index (κ1) is 9.98. The van der Waals surface area contributed by atoms with E-state index in [0.29, 0.717) is 12.6 Å². The molecule has 0 amide bonds. The molecule has 1 atom stereocenters. The molecule has 80 valence electrons. The van der Waals surface area contributed by atoms with Crippen LogP contribution < -0.4 is 11.1 Å². The number of hydrogen-bond donors (Lipinski definition) is 2. The average Bonchev–Trinajstić information content (AvgIpc) is 2.59. The molecule has 0 aliphatic heterocycles. The van der Waals surface area contributed by atoms with Crippen LogP contribution >= 0.6 is 0 Å². The Morgan fingerprint density at radius 3 is 3.00 bits per heavy atom. The van der Waals surface area contributed by atoms with Crippen molar-refractivity contribution in [1.82, 2.24) is 4.98 Å². The summed E-state index contributed by atoms with van der Waals surface area (Å²) in [6.45, 7) is 4.60. The lowest BCUT2D eigenvalue weighted by molar-refractivity contribution is 0.608. The van der Waals surface area contributed by atoms with E-state index < -0.39 is 0 Å². The quantitative estimate of drug-likeness (QED) is 0.803. The van der Waals surface area contributed by atoms with Crippen LogP contribution in [0, 0.1) is 6.92 Å².